The zero-order valence-electron chi connectivity index (χ0n) is 11.2. The Labute approximate surface area is 117 Å². The summed E-state index contributed by atoms with van der Waals surface area (Å²) in [5.74, 6) is 0.510. The number of hydrogen-bond acceptors (Lipinski definition) is 4. The molecule has 2 N–H and O–H groups in total. The second kappa shape index (κ2) is 5.06. The Morgan fingerprint density at radius 2 is 2.05 bits per heavy atom. The summed E-state index contributed by atoms with van der Waals surface area (Å²) in [4.78, 5) is 4.19. The lowest BCUT2D eigenvalue weighted by molar-refractivity contribution is 0.554. The highest BCUT2D eigenvalue weighted by Crippen LogP contribution is 2.25. The third-order valence-electron chi connectivity index (χ3n) is 3.44. The lowest BCUT2D eigenvalue weighted by Gasteiger charge is -2.13. The Balaban J connectivity index is 1.84. The normalized spacial score (nSPS) is 16.9. The summed E-state index contributed by atoms with van der Waals surface area (Å²) in [6, 6.07) is 5.23. The number of aryl methyl sites for hydroxylation is 1. The maximum absolute atomic E-state index is 12.1. The number of benzene rings is 1. The molecule has 1 fully saturated rings. The molecule has 0 saturated heterocycles. The molecule has 1 heterocycles. The van der Waals surface area contributed by atoms with Gasteiger partial charge in [-0.25, -0.2) is 4.98 Å². The third kappa shape index (κ3) is 2.78. The van der Waals surface area contributed by atoms with Crippen LogP contribution in [0, 0.1) is 6.92 Å². The standard InChI is InChI=1S/C13H17N3O3S/c1-9-14-11-7-4-8-12(13(11)19-9)16-20(17,18)15-10-5-2-3-6-10/h4,7-8,10,15-16H,2-3,5-6H2,1H3. The largest absolute Gasteiger partial charge is 0.439 e. The van der Waals surface area contributed by atoms with Gasteiger partial charge in [-0.05, 0) is 25.0 Å². The smallest absolute Gasteiger partial charge is 0.299 e. The summed E-state index contributed by atoms with van der Waals surface area (Å²) < 4.78 is 34.9. The monoisotopic (exact) mass is 295 g/mol. The van der Waals surface area contributed by atoms with Gasteiger partial charge < -0.3 is 4.42 Å². The van der Waals surface area contributed by atoms with Crippen molar-refractivity contribution in [3.8, 4) is 0 Å². The topological polar surface area (TPSA) is 84.2 Å². The molecule has 1 saturated carbocycles. The van der Waals surface area contributed by atoms with Crippen LogP contribution in [0.1, 0.15) is 31.6 Å². The number of anilines is 1. The molecule has 20 heavy (non-hydrogen) atoms. The van der Waals surface area contributed by atoms with Crippen molar-refractivity contribution in [1.29, 1.82) is 0 Å². The van der Waals surface area contributed by atoms with Gasteiger partial charge in [0.25, 0.3) is 10.2 Å². The first-order valence-corrected chi connectivity index (χ1v) is 8.18. The Morgan fingerprint density at radius 3 is 2.80 bits per heavy atom. The van der Waals surface area contributed by atoms with E-state index >= 15 is 0 Å². The maximum atomic E-state index is 12.1. The molecular formula is C13H17N3O3S. The van der Waals surface area contributed by atoms with Gasteiger partial charge in [-0.2, -0.15) is 13.1 Å². The number of para-hydroxylation sites is 1. The quantitative estimate of drug-likeness (QED) is 0.906. The highest BCUT2D eigenvalue weighted by Gasteiger charge is 2.22. The molecule has 0 atom stereocenters. The Morgan fingerprint density at radius 1 is 1.30 bits per heavy atom. The van der Waals surface area contributed by atoms with Gasteiger partial charge in [-0.15, -0.1) is 0 Å². The van der Waals surface area contributed by atoms with Crippen LogP contribution in [0.15, 0.2) is 22.6 Å². The summed E-state index contributed by atoms with van der Waals surface area (Å²) in [5, 5.41) is 0. The first-order chi connectivity index (χ1) is 9.53. The van der Waals surface area contributed by atoms with Crippen molar-refractivity contribution in [3.63, 3.8) is 0 Å². The van der Waals surface area contributed by atoms with Crippen molar-refractivity contribution in [2.24, 2.45) is 0 Å². The Bertz CT molecular complexity index is 718. The van der Waals surface area contributed by atoms with Gasteiger partial charge >= 0.3 is 0 Å². The van der Waals surface area contributed by atoms with E-state index in [-0.39, 0.29) is 6.04 Å². The van der Waals surface area contributed by atoms with E-state index in [0.717, 1.165) is 25.7 Å². The fourth-order valence-corrected chi connectivity index (χ4v) is 3.76. The van der Waals surface area contributed by atoms with Crippen LogP contribution >= 0.6 is 0 Å². The molecule has 7 heteroatoms. The summed E-state index contributed by atoms with van der Waals surface area (Å²) >= 11 is 0. The zero-order valence-corrected chi connectivity index (χ0v) is 12.0. The van der Waals surface area contributed by atoms with E-state index in [1.54, 1.807) is 25.1 Å². The molecule has 0 aliphatic heterocycles. The molecule has 6 nitrogen and oxygen atoms in total. The molecule has 108 valence electrons. The second-order valence-electron chi connectivity index (χ2n) is 5.09. The molecule has 0 spiro atoms. The zero-order chi connectivity index (χ0) is 14.2. The van der Waals surface area contributed by atoms with Crippen LogP contribution in [0.25, 0.3) is 11.1 Å². The molecule has 3 rings (SSSR count). The van der Waals surface area contributed by atoms with Crippen molar-refractivity contribution in [1.82, 2.24) is 9.71 Å². The fourth-order valence-electron chi connectivity index (χ4n) is 2.58. The average Bonchev–Trinajstić information content (AvgIpc) is 2.97. The molecule has 1 aliphatic carbocycles. The molecular weight excluding hydrogens is 278 g/mol. The summed E-state index contributed by atoms with van der Waals surface area (Å²) in [6.45, 7) is 1.73. The maximum Gasteiger partial charge on any atom is 0.299 e. The van der Waals surface area contributed by atoms with Crippen molar-refractivity contribution in [2.45, 2.75) is 38.6 Å². The van der Waals surface area contributed by atoms with Crippen LogP contribution in [0.4, 0.5) is 5.69 Å². The van der Waals surface area contributed by atoms with Crippen LogP contribution in [-0.2, 0) is 10.2 Å². The van der Waals surface area contributed by atoms with Gasteiger partial charge in [-0.3, -0.25) is 4.72 Å². The van der Waals surface area contributed by atoms with Crippen LogP contribution in [0.5, 0.6) is 0 Å². The predicted octanol–water partition coefficient (Wildman–Crippen LogP) is 2.33. The minimum Gasteiger partial charge on any atom is -0.439 e. The highest BCUT2D eigenvalue weighted by atomic mass is 32.2. The molecule has 1 aromatic heterocycles. The van der Waals surface area contributed by atoms with Gasteiger partial charge in [0.2, 0.25) is 0 Å². The van der Waals surface area contributed by atoms with Crippen molar-refractivity contribution in [2.75, 3.05) is 4.72 Å². The van der Waals surface area contributed by atoms with Gasteiger partial charge in [0.15, 0.2) is 11.5 Å². The summed E-state index contributed by atoms with van der Waals surface area (Å²) in [7, 11) is -3.59. The van der Waals surface area contributed by atoms with Gasteiger partial charge in [0, 0.05) is 13.0 Å². The number of fused-ring (bicyclic) bond motifs is 1. The fraction of sp³-hybridized carbons (Fsp3) is 0.462. The van der Waals surface area contributed by atoms with Crippen LogP contribution in [-0.4, -0.2) is 19.4 Å². The number of rotatable bonds is 4. The van der Waals surface area contributed by atoms with E-state index in [2.05, 4.69) is 14.4 Å². The highest BCUT2D eigenvalue weighted by molar-refractivity contribution is 7.90. The summed E-state index contributed by atoms with van der Waals surface area (Å²) in [5.41, 5.74) is 1.51. The minimum absolute atomic E-state index is 0.0307. The van der Waals surface area contributed by atoms with Crippen molar-refractivity contribution in [3.05, 3.63) is 24.1 Å². The van der Waals surface area contributed by atoms with Crippen LogP contribution < -0.4 is 9.44 Å². The molecule has 2 aromatic rings. The van der Waals surface area contributed by atoms with Crippen LogP contribution in [0.3, 0.4) is 0 Å². The SMILES string of the molecule is Cc1nc2cccc(NS(=O)(=O)NC3CCCC3)c2o1. The lowest BCUT2D eigenvalue weighted by atomic mass is 10.3. The van der Waals surface area contributed by atoms with Gasteiger partial charge in [0.1, 0.15) is 5.52 Å². The number of hydrogen-bond donors (Lipinski definition) is 2. The molecule has 0 unspecified atom stereocenters. The number of aromatic nitrogens is 1. The van der Waals surface area contributed by atoms with E-state index in [1.807, 2.05) is 0 Å². The van der Waals surface area contributed by atoms with Crippen LogP contribution in [0.2, 0.25) is 0 Å². The van der Waals surface area contributed by atoms with E-state index in [0.29, 0.717) is 22.7 Å². The first-order valence-electron chi connectivity index (χ1n) is 6.70. The molecule has 1 aliphatic rings. The van der Waals surface area contributed by atoms with Crippen molar-refractivity contribution >= 4 is 27.0 Å². The third-order valence-corrected chi connectivity index (χ3v) is 4.58. The second-order valence-corrected chi connectivity index (χ2v) is 6.54. The van der Waals surface area contributed by atoms with Gasteiger partial charge in [0.05, 0.1) is 5.69 Å². The molecule has 0 bridgehead atoms. The number of oxazole rings is 1. The number of nitrogens with one attached hydrogen (secondary N) is 2. The Hall–Kier alpha value is -1.60. The van der Waals surface area contributed by atoms with E-state index in [1.165, 1.54) is 0 Å². The first kappa shape index (κ1) is 13.4. The summed E-state index contributed by atoms with van der Waals surface area (Å²) in [6.07, 6.45) is 3.94. The molecule has 0 radical (unpaired) electrons. The molecule has 1 aromatic carbocycles. The minimum atomic E-state index is -3.59. The average molecular weight is 295 g/mol. The predicted molar refractivity (Wildman–Crippen MR) is 76.7 cm³/mol. The lowest BCUT2D eigenvalue weighted by Crippen LogP contribution is -2.37. The Kier molecular flexibility index (Phi) is 3.39. The van der Waals surface area contributed by atoms with E-state index in [9.17, 15) is 8.42 Å². The van der Waals surface area contributed by atoms with Crippen molar-refractivity contribution < 1.29 is 12.8 Å². The molecule has 0 amide bonds. The van der Waals surface area contributed by atoms with E-state index in [4.69, 9.17) is 4.42 Å². The van der Waals surface area contributed by atoms with Gasteiger partial charge in [-0.1, -0.05) is 18.9 Å². The van der Waals surface area contributed by atoms with E-state index < -0.39 is 10.2 Å². The number of nitrogens with zero attached hydrogens (tertiary/aromatic N) is 1.